The van der Waals surface area contributed by atoms with E-state index in [1.807, 2.05) is 73.7 Å². The first-order chi connectivity index (χ1) is 13.1. The number of benzene rings is 2. The Kier molecular flexibility index (Phi) is 4.77. The summed E-state index contributed by atoms with van der Waals surface area (Å²) in [6, 6.07) is 21.3. The van der Waals surface area contributed by atoms with Gasteiger partial charge in [0.25, 0.3) is 0 Å². The Bertz CT molecular complexity index is 1100. The Morgan fingerprint density at radius 3 is 2.63 bits per heavy atom. The van der Waals surface area contributed by atoms with Crippen molar-refractivity contribution >= 4 is 32.7 Å². The second-order valence-corrected chi connectivity index (χ2v) is 7.29. The molecule has 0 saturated carbocycles. The number of aromatic nitrogens is 2. The Balaban J connectivity index is 1.87. The predicted octanol–water partition coefficient (Wildman–Crippen LogP) is 5.61. The minimum absolute atomic E-state index is 0.185. The molecule has 0 unspecified atom stereocenters. The van der Waals surface area contributed by atoms with Crippen LogP contribution in [0.25, 0.3) is 10.9 Å². The lowest BCUT2D eigenvalue weighted by atomic mass is 9.96. The molecule has 2 aromatic heterocycles. The van der Waals surface area contributed by atoms with Crippen LogP contribution >= 0.6 is 15.9 Å². The number of hydrogen-bond acceptors (Lipinski definition) is 4. The molecule has 134 valence electrons. The highest BCUT2D eigenvalue weighted by Gasteiger charge is 2.20. The van der Waals surface area contributed by atoms with Gasteiger partial charge < -0.3 is 10.4 Å². The van der Waals surface area contributed by atoms with Gasteiger partial charge in [-0.25, -0.2) is 9.97 Å². The molecule has 4 nitrogen and oxygen atoms in total. The third kappa shape index (κ3) is 3.64. The van der Waals surface area contributed by atoms with E-state index in [9.17, 15) is 5.11 Å². The quantitative estimate of drug-likeness (QED) is 0.451. The van der Waals surface area contributed by atoms with Gasteiger partial charge in [0, 0.05) is 27.3 Å². The number of halogens is 1. The SMILES string of the molecule is Cc1ccc2ccc([C@@H](Nc3ccccn3)c3cccc(Br)c3)c(O)c2n1. The molecule has 0 saturated heterocycles. The smallest absolute Gasteiger partial charge is 0.147 e. The molecule has 2 heterocycles. The van der Waals surface area contributed by atoms with Crippen molar-refractivity contribution in [2.75, 3.05) is 5.32 Å². The van der Waals surface area contributed by atoms with Gasteiger partial charge in [-0.15, -0.1) is 0 Å². The fourth-order valence-corrected chi connectivity index (χ4v) is 3.56. The number of nitrogens with zero attached hydrogens (tertiary/aromatic N) is 2. The zero-order valence-electron chi connectivity index (χ0n) is 14.7. The van der Waals surface area contributed by atoms with Gasteiger partial charge in [0.15, 0.2) is 0 Å². The molecule has 27 heavy (non-hydrogen) atoms. The number of aryl methyl sites for hydroxylation is 1. The number of anilines is 1. The fourth-order valence-electron chi connectivity index (χ4n) is 3.14. The number of phenols is 1. The highest BCUT2D eigenvalue weighted by molar-refractivity contribution is 9.10. The summed E-state index contributed by atoms with van der Waals surface area (Å²) < 4.78 is 0.974. The third-order valence-electron chi connectivity index (χ3n) is 4.46. The lowest BCUT2D eigenvalue weighted by Gasteiger charge is -2.22. The van der Waals surface area contributed by atoms with Crippen LogP contribution in [-0.2, 0) is 0 Å². The van der Waals surface area contributed by atoms with Gasteiger partial charge >= 0.3 is 0 Å². The lowest BCUT2D eigenvalue weighted by molar-refractivity contribution is 0.471. The third-order valence-corrected chi connectivity index (χ3v) is 4.95. The van der Waals surface area contributed by atoms with Gasteiger partial charge in [-0.05, 0) is 42.8 Å². The number of pyridine rings is 2. The largest absolute Gasteiger partial charge is 0.505 e. The monoisotopic (exact) mass is 419 g/mol. The minimum atomic E-state index is -0.274. The lowest BCUT2D eigenvalue weighted by Crippen LogP contribution is -2.13. The standard InChI is InChI=1S/C22H18BrN3O/c1-14-8-9-15-10-11-18(22(27)21(15)25-14)20(16-5-4-6-17(23)13-16)26-19-7-2-3-12-24-19/h2-13,20,27H,1H3,(H,24,26)/t20-/m0/s1. The number of rotatable bonds is 4. The van der Waals surface area contributed by atoms with E-state index in [4.69, 9.17) is 0 Å². The summed E-state index contributed by atoms with van der Waals surface area (Å²) >= 11 is 3.54. The topological polar surface area (TPSA) is 58.0 Å². The van der Waals surface area contributed by atoms with Crippen LogP contribution in [0.2, 0.25) is 0 Å². The molecule has 0 aliphatic heterocycles. The van der Waals surface area contributed by atoms with Gasteiger partial charge in [0.1, 0.15) is 17.1 Å². The summed E-state index contributed by atoms with van der Waals surface area (Å²) in [5, 5.41) is 15.4. The van der Waals surface area contributed by atoms with Crippen LogP contribution in [0, 0.1) is 6.92 Å². The summed E-state index contributed by atoms with van der Waals surface area (Å²) in [6.45, 7) is 1.92. The number of hydrogen-bond donors (Lipinski definition) is 2. The molecule has 2 aromatic carbocycles. The van der Waals surface area contributed by atoms with E-state index in [0.29, 0.717) is 5.52 Å². The van der Waals surface area contributed by atoms with E-state index in [-0.39, 0.29) is 11.8 Å². The summed E-state index contributed by atoms with van der Waals surface area (Å²) in [5.41, 5.74) is 3.24. The van der Waals surface area contributed by atoms with E-state index >= 15 is 0 Å². The molecule has 0 amide bonds. The van der Waals surface area contributed by atoms with Gasteiger partial charge in [-0.3, -0.25) is 0 Å². The highest BCUT2D eigenvalue weighted by Crippen LogP contribution is 2.37. The zero-order chi connectivity index (χ0) is 18.8. The first kappa shape index (κ1) is 17.5. The molecule has 0 radical (unpaired) electrons. The molecule has 2 N–H and O–H groups in total. The molecular formula is C22H18BrN3O. The second-order valence-electron chi connectivity index (χ2n) is 6.38. The van der Waals surface area contributed by atoms with Gasteiger partial charge in [0.2, 0.25) is 0 Å². The molecule has 4 rings (SSSR count). The Morgan fingerprint density at radius 2 is 1.85 bits per heavy atom. The van der Waals surface area contributed by atoms with E-state index in [2.05, 4.69) is 31.2 Å². The van der Waals surface area contributed by atoms with Gasteiger partial charge in [0.05, 0.1) is 6.04 Å². The van der Waals surface area contributed by atoms with Crippen molar-refractivity contribution in [3.05, 3.63) is 94.2 Å². The van der Waals surface area contributed by atoms with Crippen molar-refractivity contribution in [1.29, 1.82) is 0 Å². The number of nitrogens with one attached hydrogen (secondary N) is 1. The minimum Gasteiger partial charge on any atom is -0.505 e. The Morgan fingerprint density at radius 1 is 1.00 bits per heavy atom. The highest BCUT2D eigenvalue weighted by atomic mass is 79.9. The van der Waals surface area contributed by atoms with Crippen LogP contribution in [0.5, 0.6) is 5.75 Å². The summed E-state index contributed by atoms with van der Waals surface area (Å²) in [7, 11) is 0. The zero-order valence-corrected chi connectivity index (χ0v) is 16.3. The summed E-state index contributed by atoms with van der Waals surface area (Å²) in [5.74, 6) is 0.920. The summed E-state index contributed by atoms with van der Waals surface area (Å²) in [4.78, 5) is 8.91. The van der Waals surface area contributed by atoms with Crippen molar-refractivity contribution < 1.29 is 5.11 Å². The Labute approximate surface area is 166 Å². The van der Waals surface area contributed by atoms with Crippen molar-refractivity contribution in [3.63, 3.8) is 0 Å². The van der Waals surface area contributed by atoms with Crippen molar-refractivity contribution in [3.8, 4) is 5.75 Å². The van der Waals surface area contributed by atoms with Crippen LogP contribution in [0.1, 0.15) is 22.9 Å². The Hall–Kier alpha value is -2.92. The molecule has 0 fully saturated rings. The van der Waals surface area contributed by atoms with E-state index in [1.54, 1.807) is 6.20 Å². The second kappa shape index (κ2) is 7.37. The molecule has 0 aliphatic carbocycles. The normalized spacial score (nSPS) is 12.1. The van der Waals surface area contributed by atoms with Crippen LogP contribution < -0.4 is 5.32 Å². The maximum Gasteiger partial charge on any atom is 0.147 e. The molecule has 5 heteroatoms. The number of fused-ring (bicyclic) bond motifs is 1. The molecule has 0 aliphatic rings. The molecular weight excluding hydrogens is 402 g/mol. The number of phenolic OH excluding ortho intramolecular Hbond substituents is 1. The van der Waals surface area contributed by atoms with Crippen LogP contribution in [-0.4, -0.2) is 15.1 Å². The van der Waals surface area contributed by atoms with Crippen molar-refractivity contribution in [2.24, 2.45) is 0 Å². The molecule has 4 aromatic rings. The predicted molar refractivity (Wildman–Crippen MR) is 112 cm³/mol. The maximum atomic E-state index is 11.0. The maximum absolute atomic E-state index is 11.0. The van der Waals surface area contributed by atoms with E-state index in [1.165, 1.54) is 0 Å². The number of aromatic hydroxyl groups is 1. The van der Waals surface area contributed by atoms with E-state index in [0.717, 1.165) is 32.5 Å². The van der Waals surface area contributed by atoms with Crippen LogP contribution in [0.3, 0.4) is 0 Å². The van der Waals surface area contributed by atoms with E-state index < -0.39 is 0 Å². The van der Waals surface area contributed by atoms with Crippen LogP contribution in [0.4, 0.5) is 5.82 Å². The first-order valence-electron chi connectivity index (χ1n) is 8.64. The van der Waals surface area contributed by atoms with Gasteiger partial charge in [-0.1, -0.05) is 52.3 Å². The van der Waals surface area contributed by atoms with Crippen molar-refractivity contribution in [2.45, 2.75) is 13.0 Å². The molecule has 1 atom stereocenters. The van der Waals surface area contributed by atoms with Crippen molar-refractivity contribution in [1.82, 2.24) is 9.97 Å². The van der Waals surface area contributed by atoms with Crippen LogP contribution in [0.15, 0.2) is 77.4 Å². The molecule has 0 spiro atoms. The average molecular weight is 420 g/mol. The summed E-state index contributed by atoms with van der Waals surface area (Å²) in [6.07, 6.45) is 1.74. The molecule has 0 bridgehead atoms. The fraction of sp³-hybridized carbons (Fsp3) is 0.0909. The average Bonchev–Trinajstić information content (AvgIpc) is 2.68. The first-order valence-corrected chi connectivity index (χ1v) is 9.43. The van der Waals surface area contributed by atoms with Gasteiger partial charge in [-0.2, -0.15) is 0 Å².